The van der Waals surface area contributed by atoms with E-state index >= 15 is 0 Å². The van der Waals surface area contributed by atoms with E-state index in [1.807, 2.05) is 30.7 Å². The highest BCUT2D eigenvalue weighted by Crippen LogP contribution is 2.45. The van der Waals surface area contributed by atoms with Crippen molar-refractivity contribution >= 4 is 11.8 Å². The molecule has 7 heteroatoms. The monoisotopic (exact) mass is 388 g/mol. The predicted molar refractivity (Wildman–Crippen MR) is 105 cm³/mol. The van der Waals surface area contributed by atoms with Gasteiger partial charge >= 0.3 is 0 Å². The summed E-state index contributed by atoms with van der Waals surface area (Å²) < 4.78 is 7.39. The van der Waals surface area contributed by atoms with Crippen LogP contribution in [-0.4, -0.2) is 70.3 Å². The lowest BCUT2D eigenvalue weighted by molar-refractivity contribution is -0.147. The molecule has 0 bridgehead atoms. The molecule has 0 aromatic carbocycles. The number of piperidine rings is 1. The highest BCUT2D eigenvalue weighted by molar-refractivity contribution is 5.99. The largest absolute Gasteiger partial charge is 0.381 e. The number of amides is 2. The molecule has 0 N–H and O–H groups in total. The summed E-state index contributed by atoms with van der Waals surface area (Å²) in [5, 5.41) is 4.43. The molecular formula is C21H32N4O3. The van der Waals surface area contributed by atoms with Gasteiger partial charge in [0.25, 0.3) is 5.91 Å². The molecule has 3 fully saturated rings. The Morgan fingerprint density at radius 1 is 1.04 bits per heavy atom. The van der Waals surface area contributed by atoms with Gasteiger partial charge in [0.1, 0.15) is 6.04 Å². The molecule has 4 rings (SSSR count). The van der Waals surface area contributed by atoms with Crippen molar-refractivity contribution < 1.29 is 14.3 Å². The van der Waals surface area contributed by atoms with Crippen LogP contribution in [0.3, 0.4) is 0 Å². The molecule has 0 radical (unpaired) electrons. The molecule has 1 aromatic rings. The maximum absolute atomic E-state index is 13.7. The molecule has 7 nitrogen and oxygen atoms in total. The van der Waals surface area contributed by atoms with Gasteiger partial charge in [-0.25, -0.2) is 0 Å². The standard InChI is InChI=1S/C21H32N4O3/c1-15-17(16(2)23(3)22-15)19(26)25-12-6-7-21(8-13-28-14-9-21)18(25)20(27)24-10-4-5-11-24/h18H,4-14H2,1-3H3. The summed E-state index contributed by atoms with van der Waals surface area (Å²) in [5.41, 5.74) is 2.10. The minimum Gasteiger partial charge on any atom is -0.381 e. The maximum atomic E-state index is 13.7. The van der Waals surface area contributed by atoms with Crippen LogP contribution >= 0.6 is 0 Å². The minimum atomic E-state index is -0.380. The zero-order valence-electron chi connectivity index (χ0n) is 17.4. The molecule has 3 aliphatic rings. The first-order valence-corrected chi connectivity index (χ1v) is 10.6. The molecule has 28 heavy (non-hydrogen) atoms. The van der Waals surface area contributed by atoms with Crippen molar-refractivity contribution in [2.45, 2.75) is 58.4 Å². The zero-order chi connectivity index (χ0) is 19.9. The van der Waals surface area contributed by atoms with E-state index in [2.05, 4.69) is 5.10 Å². The van der Waals surface area contributed by atoms with Gasteiger partial charge in [0.05, 0.1) is 11.3 Å². The van der Waals surface area contributed by atoms with Gasteiger partial charge < -0.3 is 14.5 Å². The molecule has 1 atom stereocenters. The summed E-state index contributed by atoms with van der Waals surface area (Å²) in [7, 11) is 1.86. The average Bonchev–Trinajstić information content (AvgIpc) is 3.30. The van der Waals surface area contributed by atoms with Crippen LogP contribution in [0.25, 0.3) is 0 Å². The van der Waals surface area contributed by atoms with Crippen molar-refractivity contribution in [3.8, 4) is 0 Å². The van der Waals surface area contributed by atoms with Gasteiger partial charge in [-0.2, -0.15) is 5.10 Å². The molecule has 1 aromatic heterocycles. The van der Waals surface area contributed by atoms with Crippen molar-refractivity contribution in [1.82, 2.24) is 19.6 Å². The van der Waals surface area contributed by atoms with E-state index in [9.17, 15) is 9.59 Å². The molecule has 0 saturated carbocycles. The number of likely N-dealkylation sites (tertiary alicyclic amines) is 2. The van der Waals surface area contributed by atoms with Crippen LogP contribution in [0.5, 0.6) is 0 Å². The molecule has 2 amide bonds. The van der Waals surface area contributed by atoms with E-state index in [1.54, 1.807) is 4.68 Å². The van der Waals surface area contributed by atoms with Gasteiger partial charge in [0.2, 0.25) is 5.91 Å². The summed E-state index contributed by atoms with van der Waals surface area (Å²) in [4.78, 5) is 31.2. The lowest BCUT2D eigenvalue weighted by atomic mass is 9.67. The fourth-order valence-corrected chi connectivity index (χ4v) is 5.45. The topological polar surface area (TPSA) is 67.7 Å². The summed E-state index contributed by atoms with van der Waals surface area (Å²) in [6.45, 7) is 7.43. The van der Waals surface area contributed by atoms with Crippen LogP contribution in [-0.2, 0) is 16.6 Å². The Labute approximate surface area is 167 Å². The van der Waals surface area contributed by atoms with Crippen molar-refractivity contribution in [3.63, 3.8) is 0 Å². The Morgan fingerprint density at radius 2 is 1.71 bits per heavy atom. The van der Waals surface area contributed by atoms with E-state index in [-0.39, 0.29) is 23.3 Å². The number of hydrogen-bond acceptors (Lipinski definition) is 4. The summed E-state index contributed by atoms with van der Waals surface area (Å²) in [6.07, 6.45) is 5.76. The molecule has 1 unspecified atom stereocenters. The molecule has 3 aliphatic heterocycles. The number of rotatable bonds is 2. The second-order valence-electron chi connectivity index (χ2n) is 8.68. The highest BCUT2D eigenvalue weighted by Gasteiger charge is 2.52. The number of carbonyl (C=O) groups is 2. The number of hydrogen-bond donors (Lipinski definition) is 0. The van der Waals surface area contributed by atoms with E-state index in [0.717, 1.165) is 63.0 Å². The fraction of sp³-hybridized carbons (Fsp3) is 0.762. The molecule has 154 valence electrons. The third-order valence-electron chi connectivity index (χ3n) is 7.09. The lowest BCUT2D eigenvalue weighted by Crippen LogP contribution is -2.62. The van der Waals surface area contributed by atoms with E-state index in [4.69, 9.17) is 4.74 Å². The number of nitrogens with zero attached hydrogens (tertiary/aromatic N) is 4. The first-order valence-electron chi connectivity index (χ1n) is 10.6. The third kappa shape index (κ3) is 3.13. The molecule has 4 heterocycles. The van der Waals surface area contributed by atoms with Crippen molar-refractivity contribution in [3.05, 3.63) is 17.0 Å². The van der Waals surface area contributed by atoms with Crippen LogP contribution in [0.2, 0.25) is 0 Å². The second-order valence-corrected chi connectivity index (χ2v) is 8.68. The summed E-state index contributed by atoms with van der Waals surface area (Å²) in [6, 6.07) is -0.380. The molecule has 3 saturated heterocycles. The van der Waals surface area contributed by atoms with E-state index in [1.165, 1.54) is 0 Å². The molecule has 0 aliphatic carbocycles. The Morgan fingerprint density at radius 3 is 2.32 bits per heavy atom. The quantitative estimate of drug-likeness (QED) is 0.778. The van der Waals surface area contributed by atoms with Crippen LogP contribution < -0.4 is 0 Å². The van der Waals surface area contributed by atoms with Gasteiger partial charge in [0.15, 0.2) is 0 Å². The van der Waals surface area contributed by atoms with E-state index < -0.39 is 0 Å². The van der Waals surface area contributed by atoms with Gasteiger partial charge in [-0.3, -0.25) is 14.3 Å². The van der Waals surface area contributed by atoms with E-state index in [0.29, 0.717) is 25.3 Å². The fourth-order valence-electron chi connectivity index (χ4n) is 5.45. The van der Waals surface area contributed by atoms with Crippen molar-refractivity contribution in [2.24, 2.45) is 12.5 Å². The first kappa shape index (κ1) is 19.4. The minimum absolute atomic E-state index is 0.0359. The third-order valence-corrected chi connectivity index (χ3v) is 7.09. The number of aryl methyl sites for hydroxylation is 2. The number of ether oxygens (including phenoxy) is 1. The second kappa shape index (κ2) is 7.50. The average molecular weight is 389 g/mol. The molecular weight excluding hydrogens is 356 g/mol. The first-order chi connectivity index (χ1) is 13.4. The highest BCUT2D eigenvalue weighted by atomic mass is 16.5. The Bertz CT molecular complexity index is 754. The normalized spacial score (nSPS) is 24.8. The van der Waals surface area contributed by atoms with Crippen LogP contribution in [0.4, 0.5) is 0 Å². The Hall–Kier alpha value is -1.89. The SMILES string of the molecule is Cc1nn(C)c(C)c1C(=O)N1CCCC2(CCOCC2)C1C(=O)N1CCCC1. The number of aromatic nitrogens is 2. The summed E-state index contributed by atoms with van der Waals surface area (Å²) >= 11 is 0. The predicted octanol–water partition coefficient (Wildman–Crippen LogP) is 2.06. The smallest absolute Gasteiger partial charge is 0.258 e. The van der Waals surface area contributed by atoms with Crippen molar-refractivity contribution in [2.75, 3.05) is 32.8 Å². The number of carbonyl (C=O) groups excluding carboxylic acids is 2. The Balaban J connectivity index is 1.72. The zero-order valence-corrected chi connectivity index (χ0v) is 17.4. The van der Waals surface area contributed by atoms with Crippen LogP contribution in [0.1, 0.15) is 60.3 Å². The van der Waals surface area contributed by atoms with Crippen molar-refractivity contribution in [1.29, 1.82) is 0 Å². The van der Waals surface area contributed by atoms with Gasteiger partial charge in [0, 0.05) is 51.0 Å². The summed E-state index contributed by atoms with van der Waals surface area (Å²) in [5.74, 6) is 0.109. The lowest BCUT2D eigenvalue weighted by Gasteiger charge is -2.51. The van der Waals surface area contributed by atoms with Crippen LogP contribution in [0, 0.1) is 19.3 Å². The molecule has 1 spiro atoms. The van der Waals surface area contributed by atoms with Gasteiger partial charge in [-0.1, -0.05) is 0 Å². The van der Waals surface area contributed by atoms with Crippen LogP contribution in [0.15, 0.2) is 0 Å². The van der Waals surface area contributed by atoms with Gasteiger partial charge in [-0.05, 0) is 52.4 Å². The van der Waals surface area contributed by atoms with Gasteiger partial charge in [-0.15, -0.1) is 0 Å². The maximum Gasteiger partial charge on any atom is 0.258 e. The Kier molecular flexibility index (Phi) is 5.21.